The third kappa shape index (κ3) is 4.76. The SMILES string of the molecule is CC(C)c1cnc(NC(=O)Cc2cccc(C(F)(F)F)n2)c(C#N)c1. The molecule has 0 aliphatic heterocycles. The standard InChI is InChI=1S/C17H15F3N4O/c1-10(2)12-6-11(8-21)16(22-9-12)24-15(25)7-13-4-3-5-14(23-13)17(18,19)20/h3-6,9-10H,7H2,1-2H3,(H,22,24,25). The van der Waals surface area contributed by atoms with Gasteiger partial charge in [0.05, 0.1) is 17.7 Å². The Hall–Kier alpha value is -2.95. The lowest BCUT2D eigenvalue weighted by Gasteiger charge is -2.10. The van der Waals surface area contributed by atoms with E-state index in [-0.39, 0.29) is 29.4 Å². The second-order valence-electron chi connectivity index (χ2n) is 5.67. The van der Waals surface area contributed by atoms with Crippen molar-refractivity contribution in [3.63, 3.8) is 0 Å². The van der Waals surface area contributed by atoms with Crippen molar-refractivity contribution < 1.29 is 18.0 Å². The van der Waals surface area contributed by atoms with Gasteiger partial charge in [-0.3, -0.25) is 4.79 Å². The van der Waals surface area contributed by atoms with Crippen LogP contribution in [0.2, 0.25) is 0 Å². The average molecular weight is 348 g/mol. The molecule has 2 rings (SSSR count). The number of rotatable bonds is 4. The van der Waals surface area contributed by atoms with Gasteiger partial charge in [-0.25, -0.2) is 9.97 Å². The molecule has 8 heteroatoms. The van der Waals surface area contributed by atoms with E-state index in [9.17, 15) is 23.2 Å². The zero-order valence-electron chi connectivity index (χ0n) is 13.6. The van der Waals surface area contributed by atoms with E-state index in [1.165, 1.54) is 12.1 Å². The van der Waals surface area contributed by atoms with E-state index in [1.54, 1.807) is 12.3 Å². The highest BCUT2D eigenvalue weighted by molar-refractivity contribution is 5.92. The summed E-state index contributed by atoms with van der Waals surface area (Å²) in [6.07, 6.45) is -3.39. The van der Waals surface area contributed by atoms with Crippen LogP contribution < -0.4 is 5.32 Å². The van der Waals surface area contributed by atoms with E-state index in [0.717, 1.165) is 11.6 Å². The van der Waals surface area contributed by atoms with E-state index >= 15 is 0 Å². The highest BCUT2D eigenvalue weighted by atomic mass is 19.4. The van der Waals surface area contributed by atoms with E-state index in [4.69, 9.17) is 0 Å². The lowest BCUT2D eigenvalue weighted by atomic mass is 10.0. The average Bonchev–Trinajstić information content (AvgIpc) is 2.54. The molecule has 2 aromatic heterocycles. The van der Waals surface area contributed by atoms with Gasteiger partial charge in [0.2, 0.25) is 5.91 Å². The summed E-state index contributed by atoms with van der Waals surface area (Å²) in [7, 11) is 0. The first kappa shape index (κ1) is 18.4. The summed E-state index contributed by atoms with van der Waals surface area (Å²) in [5.74, 6) is -0.365. The predicted octanol–water partition coefficient (Wildman–Crippen LogP) is 3.67. The van der Waals surface area contributed by atoms with Gasteiger partial charge in [-0.15, -0.1) is 0 Å². The first-order valence-corrected chi connectivity index (χ1v) is 7.43. The second kappa shape index (κ2) is 7.30. The van der Waals surface area contributed by atoms with Crippen LogP contribution in [0.5, 0.6) is 0 Å². The molecule has 0 bridgehead atoms. The number of carbonyl (C=O) groups excluding carboxylic acids is 1. The van der Waals surface area contributed by atoms with Crippen molar-refractivity contribution in [2.24, 2.45) is 0 Å². The van der Waals surface area contributed by atoms with E-state index in [2.05, 4.69) is 15.3 Å². The van der Waals surface area contributed by atoms with Crippen LogP contribution in [0.4, 0.5) is 19.0 Å². The Morgan fingerprint density at radius 3 is 2.68 bits per heavy atom. The number of pyridine rings is 2. The van der Waals surface area contributed by atoms with Crippen LogP contribution >= 0.6 is 0 Å². The minimum atomic E-state index is -4.57. The van der Waals surface area contributed by atoms with E-state index < -0.39 is 17.8 Å². The molecule has 0 spiro atoms. The Morgan fingerprint density at radius 2 is 2.08 bits per heavy atom. The third-order valence-electron chi connectivity index (χ3n) is 3.39. The van der Waals surface area contributed by atoms with Crippen LogP contribution in [0.3, 0.4) is 0 Å². The summed E-state index contributed by atoms with van der Waals surface area (Å²) < 4.78 is 37.9. The smallest absolute Gasteiger partial charge is 0.309 e. The van der Waals surface area contributed by atoms with Crippen molar-refractivity contribution in [2.45, 2.75) is 32.4 Å². The number of anilines is 1. The summed E-state index contributed by atoms with van der Waals surface area (Å²) in [5, 5.41) is 11.6. The topological polar surface area (TPSA) is 78.7 Å². The largest absolute Gasteiger partial charge is 0.433 e. The number of nitriles is 1. The fourth-order valence-electron chi connectivity index (χ4n) is 2.06. The molecule has 0 fully saturated rings. The van der Waals surface area contributed by atoms with Gasteiger partial charge in [-0.05, 0) is 29.7 Å². The molecule has 0 saturated heterocycles. The Bertz CT molecular complexity index is 825. The molecule has 1 amide bonds. The second-order valence-corrected chi connectivity index (χ2v) is 5.67. The highest BCUT2D eigenvalue weighted by Crippen LogP contribution is 2.27. The number of nitrogens with one attached hydrogen (secondary N) is 1. The number of aromatic nitrogens is 2. The zero-order valence-corrected chi connectivity index (χ0v) is 13.6. The monoisotopic (exact) mass is 348 g/mol. The lowest BCUT2D eigenvalue weighted by Crippen LogP contribution is -2.18. The number of amides is 1. The minimum absolute atomic E-state index is 0.0235. The van der Waals surface area contributed by atoms with Crippen molar-refractivity contribution in [2.75, 3.05) is 5.32 Å². The molecule has 130 valence electrons. The predicted molar refractivity (Wildman–Crippen MR) is 84.6 cm³/mol. The zero-order chi connectivity index (χ0) is 18.6. The molecule has 5 nitrogen and oxygen atoms in total. The maximum atomic E-state index is 12.6. The maximum Gasteiger partial charge on any atom is 0.433 e. The molecular weight excluding hydrogens is 333 g/mol. The molecule has 2 heterocycles. The number of hydrogen-bond donors (Lipinski definition) is 1. The van der Waals surface area contributed by atoms with Crippen LogP contribution in [-0.4, -0.2) is 15.9 Å². The summed E-state index contributed by atoms with van der Waals surface area (Å²) in [6.45, 7) is 3.88. The third-order valence-corrected chi connectivity index (χ3v) is 3.39. The van der Waals surface area contributed by atoms with Gasteiger partial charge < -0.3 is 5.32 Å². The summed E-state index contributed by atoms with van der Waals surface area (Å²) in [4.78, 5) is 19.5. The highest BCUT2D eigenvalue weighted by Gasteiger charge is 2.32. The van der Waals surface area contributed by atoms with Crippen LogP contribution in [-0.2, 0) is 17.4 Å². The van der Waals surface area contributed by atoms with Crippen molar-refractivity contribution in [3.05, 3.63) is 53.0 Å². The minimum Gasteiger partial charge on any atom is -0.309 e. The van der Waals surface area contributed by atoms with Gasteiger partial charge >= 0.3 is 6.18 Å². The van der Waals surface area contributed by atoms with Crippen LogP contribution in [0, 0.1) is 11.3 Å². The first-order valence-electron chi connectivity index (χ1n) is 7.43. The molecule has 0 aliphatic rings. The number of nitrogens with zero attached hydrogens (tertiary/aromatic N) is 3. The van der Waals surface area contributed by atoms with Gasteiger partial charge in [0.15, 0.2) is 0 Å². The quantitative estimate of drug-likeness (QED) is 0.914. The van der Waals surface area contributed by atoms with Crippen molar-refractivity contribution in [1.29, 1.82) is 5.26 Å². The molecule has 0 aliphatic carbocycles. The number of halogens is 3. The number of carbonyl (C=O) groups is 1. The Balaban J connectivity index is 2.15. The number of alkyl halides is 3. The summed E-state index contributed by atoms with van der Waals surface area (Å²) >= 11 is 0. The first-order chi connectivity index (χ1) is 11.7. The van der Waals surface area contributed by atoms with Crippen molar-refractivity contribution in [3.8, 4) is 6.07 Å². The van der Waals surface area contributed by atoms with Crippen LogP contribution in [0.1, 0.15) is 42.3 Å². The van der Waals surface area contributed by atoms with Gasteiger partial charge in [-0.1, -0.05) is 19.9 Å². The normalized spacial score (nSPS) is 11.2. The maximum absolute atomic E-state index is 12.6. The molecule has 1 N–H and O–H groups in total. The summed E-state index contributed by atoms with van der Waals surface area (Å²) in [5.41, 5.74) is -0.0507. The van der Waals surface area contributed by atoms with Crippen LogP contribution in [0.25, 0.3) is 0 Å². The van der Waals surface area contributed by atoms with Crippen molar-refractivity contribution in [1.82, 2.24) is 9.97 Å². The summed E-state index contributed by atoms with van der Waals surface area (Å²) in [6, 6.07) is 6.92. The Labute approximate surface area is 142 Å². The molecular formula is C17H15F3N4O. The molecule has 0 radical (unpaired) electrons. The van der Waals surface area contributed by atoms with Crippen LogP contribution in [0.15, 0.2) is 30.5 Å². The molecule has 2 aromatic rings. The fourth-order valence-corrected chi connectivity index (χ4v) is 2.06. The van der Waals surface area contributed by atoms with E-state index in [0.29, 0.717) is 0 Å². The molecule has 0 unspecified atom stereocenters. The van der Waals surface area contributed by atoms with Gasteiger partial charge in [-0.2, -0.15) is 18.4 Å². The molecule has 0 aromatic carbocycles. The van der Waals surface area contributed by atoms with Gasteiger partial charge in [0, 0.05) is 6.20 Å². The number of hydrogen-bond acceptors (Lipinski definition) is 4. The van der Waals surface area contributed by atoms with Gasteiger partial charge in [0.1, 0.15) is 17.6 Å². The molecule has 0 atom stereocenters. The lowest BCUT2D eigenvalue weighted by molar-refractivity contribution is -0.141. The molecule has 0 saturated carbocycles. The fraction of sp³-hybridized carbons (Fsp3) is 0.294. The van der Waals surface area contributed by atoms with Gasteiger partial charge in [0.25, 0.3) is 0 Å². The Morgan fingerprint density at radius 1 is 1.36 bits per heavy atom. The Kier molecular flexibility index (Phi) is 5.37. The van der Waals surface area contributed by atoms with Crippen molar-refractivity contribution >= 4 is 11.7 Å². The molecule has 25 heavy (non-hydrogen) atoms. The van der Waals surface area contributed by atoms with E-state index in [1.807, 2.05) is 19.9 Å².